The van der Waals surface area contributed by atoms with Crippen molar-refractivity contribution in [2.24, 2.45) is 0 Å². The minimum atomic E-state index is -0.729. The number of nitrogens with one attached hydrogen (secondary N) is 1. The maximum atomic E-state index is 11.6. The van der Waals surface area contributed by atoms with Gasteiger partial charge in [-0.05, 0) is 30.3 Å². The largest absolute Gasteiger partial charge is 0.457 e. The Kier molecular flexibility index (Phi) is 4.59. The van der Waals surface area contributed by atoms with Crippen molar-refractivity contribution in [3.63, 3.8) is 0 Å². The zero-order chi connectivity index (χ0) is 15.2. The Balaban J connectivity index is 1.89. The van der Waals surface area contributed by atoms with Crippen molar-refractivity contribution < 1.29 is 18.7 Å². The number of carbonyl (C=O) groups is 2. The number of anilines is 1. The van der Waals surface area contributed by atoms with Gasteiger partial charge in [0, 0.05) is 5.69 Å². The number of amides is 1. The Hall–Kier alpha value is -2.78. The van der Waals surface area contributed by atoms with E-state index >= 15 is 0 Å². The summed E-state index contributed by atoms with van der Waals surface area (Å²) in [4.78, 5) is 23.1. The molecule has 0 aliphatic heterocycles. The molecule has 1 aromatic heterocycles. The smallest absolute Gasteiger partial charge is 0.374 e. The highest BCUT2D eigenvalue weighted by molar-refractivity contribution is 6.32. The fraction of sp³-hybridized carbons (Fsp3) is 0.0714. The van der Waals surface area contributed by atoms with Crippen LogP contribution in [-0.2, 0) is 9.53 Å². The molecule has 0 radical (unpaired) electrons. The van der Waals surface area contributed by atoms with Gasteiger partial charge in [-0.1, -0.05) is 11.6 Å². The molecule has 21 heavy (non-hydrogen) atoms. The highest BCUT2D eigenvalue weighted by Gasteiger charge is 2.12. The number of ether oxygens (including phenoxy) is 1. The molecule has 0 bridgehead atoms. The molecule has 0 aliphatic carbocycles. The molecule has 0 aliphatic rings. The molecule has 7 heteroatoms. The minimum absolute atomic E-state index is 0.0178. The monoisotopic (exact) mass is 304 g/mol. The molecule has 0 spiro atoms. The number of halogens is 1. The van der Waals surface area contributed by atoms with E-state index in [0.717, 1.165) is 0 Å². The molecule has 2 rings (SSSR count). The summed E-state index contributed by atoms with van der Waals surface area (Å²) < 4.78 is 9.60. The number of furan rings is 1. The number of nitrogens with zero attached hydrogens (tertiary/aromatic N) is 1. The van der Waals surface area contributed by atoms with E-state index in [1.807, 2.05) is 6.07 Å². The lowest BCUT2D eigenvalue weighted by molar-refractivity contribution is -0.119. The number of carbonyl (C=O) groups excluding carboxylic acids is 2. The van der Waals surface area contributed by atoms with Crippen LogP contribution in [-0.4, -0.2) is 18.5 Å². The minimum Gasteiger partial charge on any atom is -0.457 e. The molecule has 1 amide bonds. The molecule has 0 atom stereocenters. The summed E-state index contributed by atoms with van der Waals surface area (Å²) in [6, 6.07) is 9.32. The second-order valence-corrected chi connectivity index (χ2v) is 4.32. The first kappa shape index (κ1) is 14.6. The van der Waals surface area contributed by atoms with Crippen LogP contribution in [0, 0.1) is 11.3 Å². The van der Waals surface area contributed by atoms with Gasteiger partial charge in [-0.2, -0.15) is 5.26 Å². The lowest BCUT2D eigenvalue weighted by Gasteiger charge is -2.06. The lowest BCUT2D eigenvalue weighted by atomic mass is 10.2. The number of nitriles is 1. The van der Waals surface area contributed by atoms with Crippen LogP contribution in [0.3, 0.4) is 0 Å². The van der Waals surface area contributed by atoms with Crippen molar-refractivity contribution in [2.75, 3.05) is 11.9 Å². The zero-order valence-corrected chi connectivity index (χ0v) is 11.4. The number of esters is 1. The third kappa shape index (κ3) is 3.84. The quantitative estimate of drug-likeness (QED) is 0.876. The first-order chi connectivity index (χ1) is 10.1. The van der Waals surface area contributed by atoms with Gasteiger partial charge in [-0.25, -0.2) is 4.79 Å². The molecular weight excluding hydrogens is 296 g/mol. The van der Waals surface area contributed by atoms with Crippen LogP contribution in [0.25, 0.3) is 0 Å². The van der Waals surface area contributed by atoms with Gasteiger partial charge in [0.1, 0.15) is 6.07 Å². The Morgan fingerprint density at radius 2 is 2.19 bits per heavy atom. The number of hydrogen-bond acceptors (Lipinski definition) is 5. The molecule has 1 aromatic carbocycles. The normalized spacial score (nSPS) is 9.71. The number of rotatable bonds is 4. The first-order valence-electron chi connectivity index (χ1n) is 5.80. The Bertz CT molecular complexity index is 704. The average Bonchev–Trinajstić information content (AvgIpc) is 2.99. The summed E-state index contributed by atoms with van der Waals surface area (Å²) in [7, 11) is 0. The molecule has 1 heterocycles. The van der Waals surface area contributed by atoms with Crippen LogP contribution in [0.4, 0.5) is 5.69 Å². The van der Waals surface area contributed by atoms with Gasteiger partial charge in [0.15, 0.2) is 6.61 Å². The number of hydrogen-bond donors (Lipinski definition) is 1. The van der Waals surface area contributed by atoms with Crippen LogP contribution in [0.5, 0.6) is 0 Å². The van der Waals surface area contributed by atoms with Crippen molar-refractivity contribution in [1.82, 2.24) is 0 Å². The standard InChI is InChI=1S/C14H9ClN2O4/c15-11-6-10(4-3-9(11)7-16)17-13(18)8-21-14(19)12-2-1-5-20-12/h1-6H,8H2,(H,17,18). The van der Waals surface area contributed by atoms with Crippen LogP contribution in [0.15, 0.2) is 41.0 Å². The highest BCUT2D eigenvalue weighted by atomic mass is 35.5. The van der Waals surface area contributed by atoms with Crippen LogP contribution in [0.2, 0.25) is 5.02 Å². The summed E-state index contributed by atoms with van der Waals surface area (Å²) >= 11 is 5.84. The lowest BCUT2D eigenvalue weighted by Crippen LogP contribution is -2.20. The van der Waals surface area contributed by atoms with Crippen molar-refractivity contribution in [3.8, 4) is 6.07 Å². The van der Waals surface area contributed by atoms with E-state index in [4.69, 9.17) is 26.0 Å². The summed E-state index contributed by atoms with van der Waals surface area (Å²) in [5.41, 5.74) is 0.706. The van der Waals surface area contributed by atoms with E-state index in [1.165, 1.54) is 36.6 Å². The molecule has 6 nitrogen and oxygen atoms in total. The maximum absolute atomic E-state index is 11.6. The van der Waals surface area contributed by atoms with Crippen LogP contribution in [0.1, 0.15) is 16.1 Å². The summed E-state index contributed by atoms with van der Waals surface area (Å²) in [5, 5.41) is 11.5. The molecule has 2 aromatic rings. The van der Waals surface area contributed by atoms with Crippen LogP contribution < -0.4 is 5.32 Å². The molecular formula is C14H9ClN2O4. The van der Waals surface area contributed by atoms with Gasteiger partial charge in [0.2, 0.25) is 5.76 Å². The Morgan fingerprint density at radius 3 is 2.81 bits per heavy atom. The Morgan fingerprint density at radius 1 is 1.38 bits per heavy atom. The topological polar surface area (TPSA) is 92.3 Å². The predicted octanol–water partition coefficient (Wildman–Crippen LogP) is 2.60. The summed E-state index contributed by atoms with van der Waals surface area (Å²) in [6.07, 6.45) is 1.33. The van der Waals surface area contributed by atoms with Crippen molar-refractivity contribution in [1.29, 1.82) is 5.26 Å². The maximum Gasteiger partial charge on any atom is 0.374 e. The van der Waals surface area contributed by atoms with Crippen molar-refractivity contribution in [3.05, 3.63) is 52.9 Å². The molecule has 1 N–H and O–H groups in total. The Labute approximate surface area is 124 Å². The van der Waals surface area contributed by atoms with E-state index in [-0.39, 0.29) is 10.8 Å². The van der Waals surface area contributed by atoms with Crippen molar-refractivity contribution >= 4 is 29.2 Å². The van der Waals surface area contributed by atoms with Gasteiger partial charge in [-0.15, -0.1) is 0 Å². The molecule has 106 valence electrons. The SMILES string of the molecule is N#Cc1ccc(NC(=O)COC(=O)c2ccco2)cc1Cl. The summed E-state index contributed by atoms with van der Waals surface area (Å²) in [5.74, 6) is -1.24. The van der Waals surface area contributed by atoms with Gasteiger partial charge in [0.05, 0.1) is 16.8 Å². The van der Waals surface area contributed by atoms with E-state index in [9.17, 15) is 9.59 Å². The van der Waals surface area contributed by atoms with E-state index in [0.29, 0.717) is 11.3 Å². The zero-order valence-electron chi connectivity index (χ0n) is 10.6. The van der Waals surface area contributed by atoms with Crippen LogP contribution >= 0.6 is 11.6 Å². The average molecular weight is 305 g/mol. The van der Waals surface area contributed by atoms with Gasteiger partial charge >= 0.3 is 5.97 Å². The van der Waals surface area contributed by atoms with Gasteiger partial charge in [0.25, 0.3) is 5.91 Å². The molecule has 0 fully saturated rings. The van der Waals surface area contributed by atoms with Gasteiger partial charge in [-0.3, -0.25) is 4.79 Å². The molecule has 0 unspecified atom stereocenters. The van der Waals surface area contributed by atoms with Crippen molar-refractivity contribution in [2.45, 2.75) is 0 Å². The molecule has 0 saturated heterocycles. The van der Waals surface area contributed by atoms with E-state index in [1.54, 1.807) is 0 Å². The highest BCUT2D eigenvalue weighted by Crippen LogP contribution is 2.20. The second kappa shape index (κ2) is 6.59. The fourth-order valence-corrected chi connectivity index (χ4v) is 1.70. The predicted molar refractivity (Wildman–Crippen MR) is 73.8 cm³/mol. The van der Waals surface area contributed by atoms with Gasteiger partial charge < -0.3 is 14.5 Å². The van der Waals surface area contributed by atoms with E-state index in [2.05, 4.69) is 5.32 Å². The first-order valence-corrected chi connectivity index (χ1v) is 6.18. The molecule has 0 saturated carbocycles. The third-order valence-electron chi connectivity index (χ3n) is 2.43. The summed E-state index contributed by atoms with van der Waals surface area (Å²) in [6.45, 7) is -0.461. The second-order valence-electron chi connectivity index (χ2n) is 3.91. The number of benzene rings is 1. The third-order valence-corrected chi connectivity index (χ3v) is 2.74. The van der Waals surface area contributed by atoms with E-state index < -0.39 is 18.5 Å². The fourth-order valence-electron chi connectivity index (χ4n) is 1.48.